The lowest BCUT2D eigenvalue weighted by atomic mass is 10.1. The van der Waals surface area contributed by atoms with Crippen LogP contribution in [0.5, 0.6) is 11.5 Å². The molecule has 1 fully saturated rings. The summed E-state index contributed by atoms with van der Waals surface area (Å²) < 4.78 is 16.2. The molecule has 1 heterocycles. The molecule has 0 unspecified atom stereocenters. The smallest absolute Gasteiger partial charge is 0.226 e. The third-order valence-electron chi connectivity index (χ3n) is 4.41. The topological polar surface area (TPSA) is 64.8 Å². The number of hydrogen-bond donors (Lipinski definition) is 0. The number of nitrogens with zero attached hydrogens (tertiary/aromatic N) is 2. The van der Waals surface area contributed by atoms with Crippen LogP contribution in [0.1, 0.15) is 32.4 Å². The average Bonchev–Trinajstić information content (AvgIpc) is 3.39. The van der Waals surface area contributed by atoms with Gasteiger partial charge in [-0.05, 0) is 30.9 Å². The van der Waals surface area contributed by atoms with Crippen molar-refractivity contribution in [2.75, 3.05) is 20.8 Å². The number of ether oxygens (including phenoxy) is 2. The number of amides is 1. The minimum atomic E-state index is 0.196. The van der Waals surface area contributed by atoms with Gasteiger partial charge in [0.15, 0.2) is 5.76 Å². The first kappa shape index (κ1) is 18.3. The fraction of sp³-hybridized carbons (Fsp3) is 0.500. The molecule has 1 saturated carbocycles. The number of methoxy groups -OCH3 is 2. The van der Waals surface area contributed by atoms with Gasteiger partial charge < -0.3 is 18.9 Å². The van der Waals surface area contributed by atoms with Crippen LogP contribution in [0, 0.1) is 11.8 Å². The molecule has 0 bridgehead atoms. The third kappa shape index (κ3) is 4.18. The second kappa shape index (κ2) is 7.81. The number of carbonyl (C=O) groups excluding carboxylic acids is 1. The van der Waals surface area contributed by atoms with Crippen molar-refractivity contribution in [2.45, 2.75) is 33.2 Å². The molecule has 0 N–H and O–H groups in total. The Morgan fingerprint density at radius 3 is 2.65 bits per heavy atom. The van der Waals surface area contributed by atoms with E-state index >= 15 is 0 Å². The molecule has 0 aliphatic heterocycles. The first-order valence-electron chi connectivity index (χ1n) is 8.98. The van der Waals surface area contributed by atoms with Gasteiger partial charge in [0, 0.05) is 24.6 Å². The summed E-state index contributed by atoms with van der Waals surface area (Å²) in [7, 11) is 3.22. The summed E-state index contributed by atoms with van der Waals surface area (Å²) in [6, 6.07) is 7.40. The predicted molar refractivity (Wildman–Crippen MR) is 98.0 cm³/mol. The number of aromatic nitrogens is 1. The first-order chi connectivity index (χ1) is 12.5. The van der Waals surface area contributed by atoms with Crippen LogP contribution in [0.3, 0.4) is 0 Å². The minimum Gasteiger partial charge on any atom is -0.497 e. The molecule has 0 atom stereocenters. The number of hydrogen-bond acceptors (Lipinski definition) is 5. The summed E-state index contributed by atoms with van der Waals surface area (Å²) >= 11 is 0. The standard InChI is InChI=1S/C20H26N2O4/c1-13(2)11-22(20(23)14-5-6-14)12-15-9-19(26-21-15)17-8-7-16(24-3)10-18(17)25-4/h7-10,13-14H,5-6,11-12H2,1-4H3. The van der Waals surface area contributed by atoms with Gasteiger partial charge in [0.1, 0.15) is 17.2 Å². The van der Waals surface area contributed by atoms with Crippen LogP contribution in [0.2, 0.25) is 0 Å². The number of carbonyl (C=O) groups is 1. The van der Waals surface area contributed by atoms with Crippen molar-refractivity contribution in [2.24, 2.45) is 11.8 Å². The van der Waals surface area contributed by atoms with Gasteiger partial charge in [-0.3, -0.25) is 4.79 Å². The van der Waals surface area contributed by atoms with Gasteiger partial charge >= 0.3 is 0 Å². The second-order valence-corrected chi connectivity index (χ2v) is 7.14. The molecule has 1 aliphatic rings. The number of benzene rings is 1. The molecule has 0 spiro atoms. The molecule has 26 heavy (non-hydrogen) atoms. The van der Waals surface area contributed by atoms with E-state index in [-0.39, 0.29) is 11.8 Å². The lowest BCUT2D eigenvalue weighted by molar-refractivity contribution is -0.133. The van der Waals surface area contributed by atoms with E-state index in [0.29, 0.717) is 29.7 Å². The molecule has 0 radical (unpaired) electrons. The van der Waals surface area contributed by atoms with E-state index < -0.39 is 0 Å². The minimum absolute atomic E-state index is 0.196. The normalized spacial score (nSPS) is 13.7. The van der Waals surface area contributed by atoms with Crippen LogP contribution in [0.4, 0.5) is 0 Å². The van der Waals surface area contributed by atoms with E-state index in [1.54, 1.807) is 20.3 Å². The van der Waals surface area contributed by atoms with Crippen LogP contribution in [-0.4, -0.2) is 36.7 Å². The molecule has 1 amide bonds. The molecule has 1 aromatic carbocycles. The second-order valence-electron chi connectivity index (χ2n) is 7.14. The van der Waals surface area contributed by atoms with E-state index in [9.17, 15) is 4.79 Å². The van der Waals surface area contributed by atoms with Crippen molar-refractivity contribution in [3.05, 3.63) is 30.0 Å². The Hall–Kier alpha value is -2.50. The molecule has 6 nitrogen and oxygen atoms in total. The van der Waals surface area contributed by atoms with Gasteiger partial charge in [-0.25, -0.2) is 0 Å². The highest BCUT2D eigenvalue weighted by atomic mass is 16.5. The highest BCUT2D eigenvalue weighted by molar-refractivity contribution is 5.81. The van der Waals surface area contributed by atoms with Crippen molar-refractivity contribution in [3.63, 3.8) is 0 Å². The predicted octanol–water partition coefficient (Wildman–Crippen LogP) is 3.75. The maximum Gasteiger partial charge on any atom is 0.226 e. The molecule has 1 aliphatic carbocycles. The zero-order valence-corrected chi connectivity index (χ0v) is 15.8. The Balaban J connectivity index is 1.79. The SMILES string of the molecule is COc1ccc(-c2cc(CN(CC(C)C)C(=O)C3CC3)no2)c(OC)c1. The van der Waals surface area contributed by atoms with Crippen molar-refractivity contribution in [1.29, 1.82) is 0 Å². The summed E-state index contributed by atoms with van der Waals surface area (Å²) in [5.41, 5.74) is 1.54. The average molecular weight is 358 g/mol. The molecule has 2 aromatic rings. The van der Waals surface area contributed by atoms with Gasteiger partial charge in [0.05, 0.1) is 26.3 Å². The summed E-state index contributed by atoms with van der Waals surface area (Å²) in [5, 5.41) is 4.16. The van der Waals surface area contributed by atoms with Crippen LogP contribution < -0.4 is 9.47 Å². The Labute approximate surface area is 154 Å². The van der Waals surface area contributed by atoms with Crippen molar-refractivity contribution >= 4 is 5.91 Å². The lowest BCUT2D eigenvalue weighted by Crippen LogP contribution is -2.34. The van der Waals surface area contributed by atoms with Crippen LogP contribution in [0.15, 0.2) is 28.8 Å². The van der Waals surface area contributed by atoms with E-state index in [1.807, 2.05) is 23.1 Å². The van der Waals surface area contributed by atoms with Gasteiger partial charge in [0.25, 0.3) is 0 Å². The third-order valence-corrected chi connectivity index (χ3v) is 4.41. The zero-order chi connectivity index (χ0) is 18.7. The lowest BCUT2D eigenvalue weighted by Gasteiger charge is -2.23. The molecule has 6 heteroatoms. The van der Waals surface area contributed by atoms with Crippen molar-refractivity contribution < 1.29 is 18.8 Å². The molecule has 140 valence electrons. The number of rotatable bonds is 8. The summed E-state index contributed by atoms with van der Waals surface area (Å²) in [4.78, 5) is 14.4. The van der Waals surface area contributed by atoms with Crippen LogP contribution in [-0.2, 0) is 11.3 Å². The quantitative estimate of drug-likeness (QED) is 0.719. The molecular formula is C20H26N2O4. The zero-order valence-electron chi connectivity index (χ0n) is 15.8. The van der Waals surface area contributed by atoms with Gasteiger partial charge in [-0.2, -0.15) is 0 Å². The van der Waals surface area contributed by atoms with E-state index in [1.165, 1.54) is 0 Å². The van der Waals surface area contributed by atoms with Crippen molar-refractivity contribution in [3.8, 4) is 22.8 Å². The molecule has 0 saturated heterocycles. The fourth-order valence-corrected chi connectivity index (χ4v) is 2.97. The highest BCUT2D eigenvalue weighted by Crippen LogP contribution is 2.34. The molecular weight excluding hydrogens is 332 g/mol. The van der Waals surface area contributed by atoms with E-state index in [2.05, 4.69) is 19.0 Å². The van der Waals surface area contributed by atoms with Gasteiger partial charge in [-0.1, -0.05) is 19.0 Å². The Morgan fingerprint density at radius 1 is 1.27 bits per heavy atom. The Bertz CT molecular complexity index is 765. The molecule has 1 aromatic heterocycles. The van der Waals surface area contributed by atoms with Crippen LogP contribution >= 0.6 is 0 Å². The molecule has 3 rings (SSSR count). The summed E-state index contributed by atoms with van der Waals surface area (Å²) in [5.74, 6) is 2.81. The largest absolute Gasteiger partial charge is 0.497 e. The fourth-order valence-electron chi connectivity index (χ4n) is 2.97. The first-order valence-corrected chi connectivity index (χ1v) is 8.98. The Kier molecular flexibility index (Phi) is 5.49. The maximum atomic E-state index is 12.5. The van der Waals surface area contributed by atoms with E-state index in [4.69, 9.17) is 14.0 Å². The maximum absolute atomic E-state index is 12.5. The van der Waals surface area contributed by atoms with Gasteiger partial charge in [-0.15, -0.1) is 0 Å². The Morgan fingerprint density at radius 2 is 2.04 bits per heavy atom. The van der Waals surface area contributed by atoms with Gasteiger partial charge in [0.2, 0.25) is 5.91 Å². The van der Waals surface area contributed by atoms with Crippen LogP contribution in [0.25, 0.3) is 11.3 Å². The summed E-state index contributed by atoms with van der Waals surface area (Å²) in [6.45, 7) is 5.42. The monoisotopic (exact) mass is 358 g/mol. The highest BCUT2D eigenvalue weighted by Gasteiger charge is 2.34. The summed E-state index contributed by atoms with van der Waals surface area (Å²) in [6.07, 6.45) is 2.00. The van der Waals surface area contributed by atoms with Crippen molar-refractivity contribution in [1.82, 2.24) is 10.1 Å². The van der Waals surface area contributed by atoms with E-state index in [0.717, 1.165) is 30.6 Å².